The highest BCUT2D eigenvalue weighted by atomic mass is 35.6. The van der Waals surface area contributed by atoms with Gasteiger partial charge in [-0.15, -0.1) is 0 Å². The van der Waals surface area contributed by atoms with Gasteiger partial charge in [-0.2, -0.15) is 0 Å². The standard InChI is InChI=1S/C9H5Cl7O/c10-7(11,8(12,13)9(14,15)16)5-3-1-2-4-6(5)17/h1-4,17H. The fourth-order valence-electron chi connectivity index (χ4n) is 1.09. The Labute approximate surface area is 133 Å². The first kappa shape index (κ1) is 16.1. The second-order valence-electron chi connectivity index (χ2n) is 3.16. The van der Waals surface area contributed by atoms with Crippen LogP contribution in [-0.2, 0) is 4.33 Å². The summed E-state index contributed by atoms with van der Waals surface area (Å²) in [5.74, 6) is -0.211. The fraction of sp³-hybridized carbons (Fsp3) is 0.333. The lowest BCUT2D eigenvalue weighted by Gasteiger charge is -2.37. The zero-order valence-electron chi connectivity index (χ0n) is 7.90. The molecule has 1 aromatic carbocycles. The molecule has 96 valence electrons. The van der Waals surface area contributed by atoms with Crippen molar-refractivity contribution in [2.75, 3.05) is 0 Å². The molecule has 0 radical (unpaired) electrons. The van der Waals surface area contributed by atoms with Crippen molar-refractivity contribution in [2.24, 2.45) is 0 Å². The maximum absolute atomic E-state index is 9.66. The third-order valence-corrected chi connectivity index (χ3v) is 5.92. The molecule has 0 amide bonds. The van der Waals surface area contributed by atoms with Crippen molar-refractivity contribution in [3.8, 4) is 5.75 Å². The summed E-state index contributed by atoms with van der Waals surface area (Å²) in [7, 11) is 0. The lowest BCUT2D eigenvalue weighted by molar-refractivity contribution is 0.462. The van der Waals surface area contributed by atoms with Gasteiger partial charge in [-0.05, 0) is 6.07 Å². The Morgan fingerprint density at radius 2 is 1.29 bits per heavy atom. The minimum atomic E-state index is -2.16. The summed E-state index contributed by atoms with van der Waals surface area (Å²) in [4.78, 5) is 0. The monoisotopic (exact) mass is 374 g/mol. The summed E-state index contributed by atoms with van der Waals surface area (Å²) in [5, 5.41) is 9.66. The van der Waals surface area contributed by atoms with Crippen LogP contribution in [0.3, 0.4) is 0 Å². The lowest BCUT2D eigenvalue weighted by Crippen LogP contribution is -2.45. The Morgan fingerprint density at radius 3 is 1.71 bits per heavy atom. The summed E-state index contributed by atoms with van der Waals surface area (Å²) in [6.07, 6.45) is 0. The predicted octanol–water partition coefficient (Wildman–Crippen LogP) is 5.57. The number of phenolic OH excluding ortho intramolecular Hbond substituents is 1. The van der Waals surface area contributed by atoms with Gasteiger partial charge in [0.2, 0.25) is 8.13 Å². The average molecular weight is 377 g/mol. The third-order valence-electron chi connectivity index (χ3n) is 1.99. The molecule has 0 saturated heterocycles. The van der Waals surface area contributed by atoms with E-state index in [2.05, 4.69) is 0 Å². The second-order valence-corrected chi connectivity index (χ2v) is 8.10. The van der Waals surface area contributed by atoms with E-state index in [4.69, 9.17) is 81.2 Å². The Hall–Kier alpha value is 1.05. The van der Waals surface area contributed by atoms with Crippen molar-refractivity contribution < 1.29 is 5.11 Å². The maximum Gasteiger partial charge on any atom is 0.226 e. The summed E-state index contributed by atoms with van der Waals surface area (Å²) < 4.78 is -6.32. The minimum Gasteiger partial charge on any atom is -0.508 e. The molecule has 0 saturated carbocycles. The van der Waals surface area contributed by atoms with E-state index in [1.54, 1.807) is 12.1 Å². The van der Waals surface area contributed by atoms with E-state index < -0.39 is 12.5 Å². The van der Waals surface area contributed by atoms with Crippen molar-refractivity contribution in [3.05, 3.63) is 29.8 Å². The molecule has 0 aliphatic carbocycles. The summed E-state index contributed by atoms with van der Waals surface area (Å²) in [6.45, 7) is 0. The molecule has 0 aliphatic rings. The van der Waals surface area contributed by atoms with E-state index in [0.29, 0.717) is 0 Å². The van der Waals surface area contributed by atoms with Crippen LogP contribution in [0.2, 0.25) is 0 Å². The highest BCUT2D eigenvalue weighted by Gasteiger charge is 2.61. The van der Waals surface area contributed by atoms with Gasteiger partial charge >= 0.3 is 0 Å². The molecular weight excluding hydrogens is 372 g/mol. The number of benzene rings is 1. The number of alkyl halides is 7. The van der Waals surface area contributed by atoms with Crippen molar-refractivity contribution in [1.82, 2.24) is 0 Å². The van der Waals surface area contributed by atoms with Crippen molar-refractivity contribution in [2.45, 2.75) is 12.5 Å². The summed E-state index contributed by atoms with van der Waals surface area (Å²) in [6, 6.07) is 5.93. The number of aromatic hydroxyl groups is 1. The normalized spacial score (nSPS) is 13.8. The molecule has 17 heavy (non-hydrogen) atoms. The first-order valence-corrected chi connectivity index (χ1v) is 6.77. The molecule has 1 N–H and O–H groups in total. The van der Waals surface area contributed by atoms with Gasteiger partial charge in [-0.3, -0.25) is 0 Å². The van der Waals surface area contributed by atoms with Gasteiger partial charge in [-0.1, -0.05) is 99.4 Å². The van der Waals surface area contributed by atoms with Gasteiger partial charge in [0.25, 0.3) is 0 Å². The van der Waals surface area contributed by atoms with E-state index in [1.165, 1.54) is 12.1 Å². The molecule has 0 bridgehead atoms. The smallest absolute Gasteiger partial charge is 0.226 e. The molecule has 0 spiro atoms. The fourth-order valence-corrected chi connectivity index (χ4v) is 2.61. The van der Waals surface area contributed by atoms with Crippen LogP contribution in [0.4, 0.5) is 0 Å². The zero-order valence-corrected chi connectivity index (χ0v) is 13.2. The first-order chi connectivity index (χ1) is 7.52. The average Bonchev–Trinajstić information content (AvgIpc) is 2.16. The van der Waals surface area contributed by atoms with Crippen LogP contribution in [0.15, 0.2) is 24.3 Å². The van der Waals surface area contributed by atoms with Crippen LogP contribution in [-0.4, -0.2) is 13.2 Å². The molecule has 0 atom stereocenters. The Bertz CT molecular complexity index is 410. The quantitative estimate of drug-likeness (QED) is 0.669. The van der Waals surface area contributed by atoms with Crippen molar-refractivity contribution >= 4 is 81.2 Å². The number of phenols is 1. The topological polar surface area (TPSA) is 20.2 Å². The van der Waals surface area contributed by atoms with Gasteiger partial charge in [-0.25, -0.2) is 0 Å². The van der Waals surface area contributed by atoms with E-state index in [-0.39, 0.29) is 11.3 Å². The molecule has 1 nitrogen and oxygen atoms in total. The summed E-state index contributed by atoms with van der Waals surface area (Å²) >= 11 is 40.8. The van der Waals surface area contributed by atoms with E-state index in [0.717, 1.165) is 0 Å². The Kier molecular flexibility index (Phi) is 4.93. The van der Waals surface area contributed by atoms with E-state index in [9.17, 15) is 5.11 Å². The number of hydrogen-bond acceptors (Lipinski definition) is 1. The molecular formula is C9H5Cl7O. The molecule has 0 aliphatic heterocycles. The van der Waals surface area contributed by atoms with Gasteiger partial charge < -0.3 is 5.11 Å². The van der Waals surface area contributed by atoms with Crippen LogP contribution in [0.25, 0.3) is 0 Å². The molecule has 0 unspecified atom stereocenters. The van der Waals surface area contributed by atoms with Gasteiger partial charge in [0, 0.05) is 5.56 Å². The number of halogens is 7. The van der Waals surface area contributed by atoms with Crippen LogP contribution < -0.4 is 0 Å². The highest BCUT2D eigenvalue weighted by molar-refractivity contribution is 6.78. The van der Waals surface area contributed by atoms with Crippen molar-refractivity contribution in [3.63, 3.8) is 0 Å². The minimum absolute atomic E-state index is 0.0414. The zero-order chi connectivity index (χ0) is 13.5. The highest BCUT2D eigenvalue weighted by Crippen LogP contribution is 2.61. The Balaban J connectivity index is 3.34. The SMILES string of the molecule is Oc1ccccc1C(Cl)(Cl)C(Cl)(Cl)C(Cl)(Cl)Cl. The predicted molar refractivity (Wildman–Crippen MR) is 76.2 cm³/mol. The van der Waals surface area contributed by atoms with Gasteiger partial charge in [0.1, 0.15) is 5.75 Å². The molecule has 8 heteroatoms. The Morgan fingerprint density at radius 1 is 0.824 bits per heavy atom. The van der Waals surface area contributed by atoms with E-state index >= 15 is 0 Å². The molecule has 0 fully saturated rings. The molecule has 0 aromatic heterocycles. The number of rotatable bonds is 2. The largest absolute Gasteiger partial charge is 0.508 e. The summed E-state index contributed by atoms with van der Waals surface area (Å²) in [5.41, 5.74) is 0.0414. The molecule has 1 aromatic rings. The molecule has 0 heterocycles. The van der Waals surface area contributed by atoms with Gasteiger partial charge in [0.05, 0.1) is 0 Å². The number of para-hydroxylation sites is 1. The van der Waals surface area contributed by atoms with Crippen molar-refractivity contribution in [1.29, 1.82) is 0 Å². The second kappa shape index (κ2) is 5.20. The van der Waals surface area contributed by atoms with Gasteiger partial charge in [0.15, 0.2) is 4.33 Å². The van der Waals surface area contributed by atoms with Crippen LogP contribution in [0.5, 0.6) is 5.75 Å². The molecule has 1 rings (SSSR count). The van der Waals surface area contributed by atoms with Crippen LogP contribution >= 0.6 is 81.2 Å². The van der Waals surface area contributed by atoms with Crippen LogP contribution in [0, 0.1) is 0 Å². The maximum atomic E-state index is 9.66. The number of hydrogen-bond donors (Lipinski definition) is 1. The first-order valence-electron chi connectivity index (χ1n) is 4.12. The van der Waals surface area contributed by atoms with E-state index in [1.807, 2.05) is 0 Å². The van der Waals surface area contributed by atoms with Crippen LogP contribution in [0.1, 0.15) is 5.56 Å². The lowest BCUT2D eigenvalue weighted by atomic mass is 10.1. The third kappa shape index (κ3) is 2.97.